The maximum absolute atomic E-state index is 13.1. The lowest BCUT2D eigenvalue weighted by atomic mass is 10.1. The highest BCUT2D eigenvalue weighted by Crippen LogP contribution is 2.13. The van der Waals surface area contributed by atoms with Gasteiger partial charge in [0.25, 0.3) is 5.91 Å². The van der Waals surface area contributed by atoms with E-state index in [1.54, 1.807) is 25.3 Å². The molecule has 0 aliphatic heterocycles. The predicted octanol–water partition coefficient (Wildman–Crippen LogP) is 2.78. The van der Waals surface area contributed by atoms with E-state index in [1.165, 1.54) is 12.1 Å². The predicted molar refractivity (Wildman–Crippen MR) is 84.4 cm³/mol. The van der Waals surface area contributed by atoms with Crippen LogP contribution in [0.4, 0.5) is 4.39 Å². The lowest BCUT2D eigenvalue weighted by Gasteiger charge is -2.04. The summed E-state index contributed by atoms with van der Waals surface area (Å²) >= 11 is 0. The van der Waals surface area contributed by atoms with E-state index in [-0.39, 0.29) is 18.3 Å². The minimum atomic E-state index is -0.326. The Morgan fingerprint density at radius 2 is 2.04 bits per heavy atom. The van der Waals surface area contributed by atoms with Crippen molar-refractivity contribution in [3.63, 3.8) is 0 Å². The molecule has 0 saturated heterocycles. The third-order valence-corrected chi connectivity index (χ3v) is 3.44. The second-order valence-corrected chi connectivity index (χ2v) is 5.16. The van der Waals surface area contributed by atoms with E-state index < -0.39 is 0 Å². The molecule has 0 radical (unpaired) electrons. The number of carbonyl (C=O) groups excluding carboxylic acids is 1. The fourth-order valence-corrected chi connectivity index (χ4v) is 2.30. The van der Waals surface area contributed by atoms with E-state index in [1.807, 2.05) is 12.1 Å². The molecule has 1 amide bonds. The van der Waals surface area contributed by atoms with Gasteiger partial charge < -0.3 is 15.0 Å². The number of amides is 1. The van der Waals surface area contributed by atoms with E-state index >= 15 is 0 Å². The molecule has 0 spiro atoms. The average Bonchev–Trinajstić information content (AvgIpc) is 2.95. The quantitative estimate of drug-likeness (QED) is 0.761. The summed E-state index contributed by atoms with van der Waals surface area (Å²) in [5.41, 5.74) is 2.84. The van der Waals surface area contributed by atoms with Crippen LogP contribution < -0.4 is 5.32 Å². The van der Waals surface area contributed by atoms with Crippen LogP contribution in [0.25, 0.3) is 11.0 Å². The zero-order valence-electron chi connectivity index (χ0n) is 12.6. The Morgan fingerprint density at radius 3 is 2.78 bits per heavy atom. The van der Waals surface area contributed by atoms with Gasteiger partial charge in [-0.2, -0.15) is 0 Å². The van der Waals surface area contributed by atoms with Crippen molar-refractivity contribution in [2.75, 3.05) is 7.11 Å². The number of benzene rings is 2. The fourth-order valence-electron chi connectivity index (χ4n) is 2.30. The standard InChI is InChI=1S/C17H16FN3O2/c1-23-10-11-2-4-12(5-3-11)17(22)19-9-16-20-14-7-6-13(18)8-15(14)21-16/h2-8H,9-10H2,1H3,(H,19,22)(H,20,21). The number of carbonyl (C=O) groups is 1. The first-order valence-corrected chi connectivity index (χ1v) is 7.16. The first-order chi connectivity index (χ1) is 11.2. The van der Waals surface area contributed by atoms with Crippen LogP contribution in [-0.4, -0.2) is 23.0 Å². The van der Waals surface area contributed by atoms with Crippen LogP contribution in [0.3, 0.4) is 0 Å². The van der Waals surface area contributed by atoms with Crippen LogP contribution in [0.2, 0.25) is 0 Å². The van der Waals surface area contributed by atoms with Crippen LogP contribution in [0, 0.1) is 5.82 Å². The summed E-state index contributed by atoms with van der Waals surface area (Å²) in [4.78, 5) is 19.4. The molecule has 6 heteroatoms. The van der Waals surface area contributed by atoms with Gasteiger partial charge in [-0.05, 0) is 35.9 Å². The third-order valence-electron chi connectivity index (χ3n) is 3.44. The third kappa shape index (κ3) is 3.54. The second-order valence-electron chi connectivity index (χ2n) is 5.16. The highest BCUT2D eigenvalue weighted by molar-refractivity contribution is 5.94. The van der Waals surface area contributed by atoms with Crippen molar-refractivity contribution in [3.8, 4) is 0 Å². The Morgan fingerprint density at radius 1 is 1.26 bits per heavy atom. The van der Waals surface area contributed by atoms with Gasteiger partial charge in [0.15, 0.2) is 0 Å². The molecule has 1 aromatic heterocycles. The highest BCUT2D eigenvalue weighted by atomic mass is 19.1. The maximum atomic E-state index is 13.1. The highest BCUT2D eigenvalue weighted by Gasteiger charge is 2.08. The number of hydrogen-bond acceptors (Lipinski definition) is 3. The summed E-state index contributed by atoms with van der Waals surface area (Å²) in [7, 11) is 1.62. The fraction of sp³-hybridized carbons (Fsp3) is 0.176. The first kappa shape index (κ1) is 15.2. The number of aromatic nitrogens is 2. The zero-order chi connectivity index (χ0) is 16.2. The Labute approximate surface area is 132 Å². The zero-order valence-corrected chi connectivity index (χ0v) is 12.6. The SMILES string of the molecule is COCc1ccc(C(=O)NCc2nc3ccc(F)cc3[nH]2)cc1. The van der Waals surface area contributed by atoms with Crippen molar-refractivity contribution >= 4 is 16.9 Å². The van der Waals surface area contributed by atoms with Crippen LogP contribution in [0.1, 0.15) is 21.7 Å². The molecule has 0 fully saturated rings. The van der Waals surface area contributed by atoms with Crippen LogP contribution in [-0.2, 0) is 17.9 Å². The number of halogens is 1. The number of H-pyrrole nitrogens is 1. The van der Waals surface area contributed by atoms with Crippen LogP contribution >= 0.6 is 0 Å². The molecule has 118 valence electrons. The molecule has 0 bridgehead atoms. The molecule has 1 heterocycles. The number of methoxy groups -OCH3 is 1. The van der Waals surface area contributed by atoms with Gasteiger partial charge in [-0.3, -0.25) is 4.79 Å². The Kier molecular flexibility index (Phi) is 4.34. The van der Waals surface area contributed by atoms with Crippen LogP contribution in [0.5, 0.6) is 0 Å². The molecular weight excluding hydrogens is 297 g/mol. The summed E-state index contributed by atoms with van der Waals surface area (Å²) in [6, 6.07) is 11.5. The molecule has 2 aromatic carbocycles. The van der Waals surface area contributed by atoms with Gasteiger partial charge in [-0.15, -0.1) is 0 Å². The largest absolute Gasteiger partial charge is 0.380 e. The van der Waals surface area contributed by atoms with Crippen molar-refractivity contribution < 1.29 is 13.9 Å². The van der Waals surface area contributed by atoms with Gasteiger partial charge in [-0.25, -0.2) is 9.37 Å². The average molecular weight is 313 g/mol. The van der Waals surface area contributed by atoms with Gasteiger partial charge in [0.1, 0.15) is 11.6 Å². The van der Waals surface area contributed by atoms with Gasteiger partial charge in [0.2, 0.25) is 0 Å². The molecule has 5 nitrogen and oxygen atoms in total. The van der Waals surface area contributed by atoms with Gasteiger partial charge in [0, 0.05) is 12.7 Å². The smallest absolute Gasteiger partial charge is 0.251 e. The summed E-state index contributed by atoms with van der Waals surface area (Å²) in [6.07, 6.45) is 0. The molecule has 23 heavy (non-hydrogen) atoms. The summed E-state index contributed by atoms with van der Waals surface area (Å²) in [6.45, 7) is 0.756. The molecule has 0 saturated carbocycles. The molecule has 2 N–H and O–H groups in total. The molecule has 0 unspecified atom stereocenters. The first-order valence-electron chi connectivity index (χ1n) is 7.16. The van der Waals surface area contributed by atoms with Crippen LogP contribution in [0.15, 0.2) is 42.5 Å². The lowest BCUT2D eigenvalue weighted by Crippen LogP contribution is -2.23. The van der Waals surface area contributed by atoms with E-state index in [9.17, 15) is 9.18 Å². The van der Waals surface area contributed by atoms with Crippen molar-refractivity contribution in [1.29, 1.82) is 0 Å². The summed E-state index contributed by atoms with van der Waals surface area (Å²) in [5.74, 6) is 0.0587. The molecule has 0 atom stereocenters. The molecule has 0 aliphatic rings. The number of rotatable bonds is 5. The Hall–Kier alpha value is -2.73. The normalized spacial score (nSPS) is 10.9. The summed E-state index contributed by atoms with van der Waals surface area (Å²) < 4.78 is 18.2. The van der Waals surface area contributed by atoms with Gasteiger partial charge >= 0.3 is 0 Å². The van der Waals surface area contributed by atoms with E-state index in [0.29, 0.717) is 29.0 Å². The topological polar surface area (TPSA) is 67.0 Å². The minimum absolute atomic E-state index is 0.194. The second kappa shape index (κ2) is 6.58. The molecule has 3 aromatic rings. The van der Waals surface area contributed by atoms with Crippen molar-refractivity contribution in [3.05, 3.63) is 65.2 Å². The Balaban J connectivity index is 1.65. The minimum Gasteiger partial charge on any atom is -0.380 e. The Bertz CT molecular complexity index is 827. The molecule has 0 aliphatic carbocycles. The van der Waals surface area contributed by atoms with Crippen molar-refractivity contribution in [2.45, 2.75) is 13.2 Å². The molecule has 3 rings (SSSR count). The summed E-state index contributed by atoms with van der Waals surface area (Å²) in [5, 5.41) is 2.78. The van der Waals surface area contributed by atoms with Crippen molar-refractivity contribution in [2.24, 2.45) is 0 Å². The number of ether oxygens (including phenoxy) is 1. The van der Waals surface area contributed by atoms with E-state index in [0.717, 1.165) is 5.56 Å². The number of nitrogens with one attached hydrogen (secondary N) is 2. The lowest BCUT2D eigenvalue weighted by molar-refractivity contribution is 0.0950. The van der Waals surface area contributed by atoms with E-state index in [2.05, 4.69) is 15.3 Å². The molecular formula is C17H16FN3O2. The monoisotopic (exact) mass is 313 g/mol. The number of aromatic amines is 1. The number of fused-ring (bicyclic) bond motifs is 1. The number of nitrogens with zero attached hydrogens (tertiary/aromatic N) is 1. The van der Waals surface area contributed by atoms with Gasteiger partial charge in [0.05, 0.1) is 24.2 Å². The maximum Gasteiger partial charge on any atom is 0.251 e. The van der Waals surface area contributed by atoms with Crippen molar-refractivity contribution in [1.82, 2.24) is 15.3 Å². The number of hydrogen-bond donors (Lipinski definition) is 2. The van der Waals surface area contributed by atoms with Gasteiger partial charge in [-0.1, -0.05) is 12.1 Å². The number of imidazole rings is 1. The van der Waals surface area contributed by atoms with E-state index in [4.69, 9.17) is 4.74 Å².